The van der Waals surface area contributed by atoms with Crippen molar-refractivity contribution >= 4 is 0 Å². The zero-order chi connectivity index (χ0) is 14.2. The molecule has 1 aromatic rings. The van der Waals surface area contributed by atoms with Crippen LogP contribution in [0.2, 0.25) is 0 Å². The van der Waals surface area contributed by atoms with E-state index >= 15 is 0 Å². The number of likely N-dealkylation sites (tertiary alicyclic amines) is 1. The Balaban J connectivity index is 1.76. The van der Waals surface area contributed by atoms with Crippen LogP contribution in [0.5, 0.6) is 0 Å². The largest absolute Gasteiger partial charge is 0.468 e. The predicted octanol–water partition coefficient (Wildman–Crippen LogP) is 2.06. The van der Waals surface area contributed by atoms with Crippen molar-refractivity contribution in [1.82, 2.24) is 9.80 Å². The molecule has 112 valence electrons. The summed E-state index contributed by atoms with van der Waals surface area (Å²) in [5.74, 6) is 1.04. The second-order valence-corrected chi connectivity index (χ2v) is 6.48. The molecule has 0 radical (unpaired) electrons. The fourth-order valence-electron chi connectivity index (χ4n) is 3.83. The van der Waals surface area contributed by atoms with Crippen molar-refractivity contribution in [3.8, 4) is 0 Å². The van der Waals surface area contributed by atoms with Crippen LogP contribution in [0.25, 0.3) is 0 Å². The van der Waals surface area contributed by atoms with Gasteiger partial charge in [0.2, 0.25) is 0 Å². The fraction of sp³-hybridized carbons (Fsp3) is 0.750. The molecule has 2 heterocycles. The van der Waals surface area contributed by atoms with Gasteiger partial charge < -0.3 is 10.2 Å². The van der Waals surface area contributed by atoms with E-state index in [1.807, 2.05) is 6.07 Å². The Morgan fingerprint density at radius 2 is 2.30 bits per heavy atom. The molecule has 4 nitrogen and oxygen atoms in total. The first kappa shape index (κ1) is 14.1. The van der Waals surface area contributed by atoms with Gasteiger partial charge in [-0.1, -0.05) is 6.92 Å². The van der Waals surface area contributed by atoms with Crippen LogP contribution in [0.4, 0.5) is 0 Å². The summed E-state index contributed by atoms with van der Waals surface area (Å²) in [6.07, 6.45) is 5.67. The smallest absolute Gasteiger partial charge is 0.117 e. The Morgan fingerprint density at radius 1 is 1.50 bits per heavy atom. The second-order valence-electron chi connectivity index (χ2n) is 6.48. The van der Waals surface area contributed by atoms with Gasteiger partial charge in [-0.15, -0.1) is 0 Å². The summed E-state index contributed by atoms with van der Waals surface area (Å²) in [6.45, 7) is 8.31. The standard InChI is InChI=1S/C16H27N3O/c1-3-18(10-15-5-4-8-20-15)16(11-17)9-13(2)19(12-16)14-6-7-14/h4-5,8,13-14H,3,6-7,9-12,17H2,1-2H3. The van der Waals surface area contributed by atoms with Crippen LogP contribution >= 0.6 is 0 Å². The zero-order valence-corrected chi connectivity index (χ0v) is 12.7. The number of hydrogen-bond donors (Lipinski definition) is 1. The van der Waals surface area contributed by atoms with E-state index in [0.29, 0.717) is 6.04 Å². The van der Waals surface area contributed by atoms with Gasteiger partial charge in [-0.2, -0.15) is 0 Å². The van der Waals surface area contributed by atoms with Crippen molar-refractivity contribution in [2.24, 2.45) is 5.73 Å². The number of nitrogens with two attached hydrogens (primary N) is 1. The van der Waals surface area contributed by atoms with Gasteiger partial charge in [0.05, 0.1) is 12.8 Å². The van der Waals surface area contributed by atoms with E-state index in [-0.39, 0.29) is 5.54 Å². The average molecular weight is 277 g/mol. The molecule has 20 heavy (non-hydrogen) atoms. The predicted molar refractivity (Wildman–Crippen MR) is 80.4 cm³/mol. The Kier molecular flexibility index (Phi) is 3.89. The molecule has 2 aliphatic rings. The first-order valence-electron chi connectivity index (χ1n) is 7.92. The number of nitrogens with zero attached hydrogens (tertiary/aromatic N) is 2. The highest BCUT2D eigenvalue weighted by molar-refractivity contribution is 5.08. The molecular formula is C16H27N3O. The van der Waals surface area contributed by atoms with Crippen molar-refractivity contribution in [1.29, 1.82) is 0 Å². The summed E-state index contributed by atoms with van der Waals surface area (Å²) < 4.78 is 5.53. The van der Waals surface area contributed by atoms with Crippen LogP contribution in [0.1, 0.15) is 38.9 Å². The molecule has 2 fully saturated rings. The maximum Gasteiger partial charge on any atom is 0.117 e. The number of hydrogen-bond acceptors (Lipinski definition) is 4. The average Bonchev–Trinajstić information content (AvgIpc) is 3.05. The van der Waals surface area contributed by atoms with Crippen LogP contribution < -0.4 is 5.73 Å². The summed E-state index contributed by atoms with van der Waals surface area (Å²) in [5.41, 5.74) is 6.33. The lowest BCUT2D eigenvalue weighted by atomic mass is 9.93. The van der Waals surface area contributed by atoms with E-state index in [4.69, 9.17) is 10.2 Å². The van der Waals surface area contributed by atoms with E-state index < -0.39 is 0 Å². The fourth-order valence-corrected chi connectivity index (χ4v) is 3.83. The minimum Gasteiger partial charge on any atom is -0.468 e. The number of likely N-dealkylation sites (N-methyl/N-ethyl adjacent to an activating group) is 1. The van der Waals surface area contributed by atoms with E-state index in [9.17, 15) is 0 Å². The molecule has 0 bridgehead atoms. The van der Waals surface area contributed by atoms with Crippen LogP contribution in [0.3, 0.4) is 0 Å². The molecule has 1 aromatic heterocycles. The highest BCUT2D eigenvalue weighted by Crippen LogP contribution is 2.39. The SMILES string of the molecule is CCN(Cc1ccco1)C1(CN)CC(C)N(C2CC2)C1. The van der Waals surface area contributed by atoms with Crippen LogP contribution in [0.15, 0.2) is 22.8 Å². The Bertz CT molecular complexity index is 429. The quantitative estimate of drug-likeness (QED) is 0.864. The number of rotatable bonds is 6. The summed E-state index contributed by atoms with van der Waals surface area (Å²) in [4.78, 5) is 5.20. The lowest BCUT2D eigenvalue weighted by molar-refractivity contribution is 0.0878. The van der Waals surface area contributed by atoms with Crippen LogP contribution in [-0.2, 0) is 6.54 Å². The molecule has 2 N–H and O–H groups in total. The third-order valence-electron chi connectivity index (χ3n) is 5.09. The minimum absolute atomic E-state index is 0.115. The number of furan rings is 1. The maximum atomic E-state index is 6.22. The monoisotopic (exact) mass is 277 g/mol. The zero-order valence-electron chi connectivity index (χ0n) is 12.7. The van der Waals surface area contributed by atoms with Crippen molar-refractivity contribution in [2.75, 3.05) is 19.6 Å². The highest BCUT2D eigenvalue weighted by Gasteiger charge is 2.48. The van der Waals surface area contributed by atoms with Gasteiger partial charge >= 0.3 is 0 Å². The summed E-state index contributed by atoms with van der Waals surface area (Å²) >= 11 is 0. The lowest BCUT2D eigenvalue weighted by Gasteiger charge is -2.39. The van der Waals surface area contributed by atoms with Crippen molar-refractivity contribution in [3.63, 3.8) is 0 Å². The molecule has 1 saturated carbocycles. The van der Waals surface area contributed by atoms with Gasteiger partial charge in [0, 0.05) is 30.7 Å². The molecule has 2 atom stereocenters. The first-order valence-corrected chi connectivity index (χ1v) is 7.92. The lowest BCUT2D eigenvalue weighted by Crippen LogP contribution is -2.55. The van der Waals surface area contributed by atoms with Crippen LogP contribution in [0, 0.1) is 0 Å². The third kappa shape index (κ3) is 2.52. The molecule has 0 amide bonds. The molecular weight excluding hydrogens is 250 g/mol. The molecule has 0 aromatic carbocycles. The van der Waals surface area contributed by atoms with Gasteiger partial charge in [-0.05, 0) is 44.9 Å². The first-order chi connectivity index (χ1) is 9.68. The normalized spacial score (nSPS) is 31.3. The molecule has 0 spiro atoms. The molecule has 4 heteroatoms. The topological polar surface area (TPSA) is 45.6 Å². The van der Waals surface area contributed by atoms with E-state index in [2.05, 4.69) is 29.7 Å². The Hall–Kier alpha value is -0.840. The van der Waals surface area contributed by atoms with Gasteiger partial charge in [0.1, 0.15) is 5.76 Å². The minimum atomic E-state index is 0.115. The third-order valence-corrected chi connectivity index (χ3v) is 5.09. The van der Waals surface area contributed by atoms with E-state index in [1.54, 1.807) is 6.26 Å². The molecule has 1 aliphatic carbocycles. The highest BCUT2D eigenvalue weighted by atomic mass is 16.3. The van der Waals surface area contributed by atoms with Crippen molar-refractivity contribution in [2.45, 2.75) is 57.3 Å². The Morgan fingerprint density at radius 3 is 2.85 bits per heavy atom. The summed E-state index contributed by atoms with van der Waals surface area (Å²) in [6, 6.07) is 5.49. The van der Waals surface area contributed by atoms with Gasteiger partial charge in [0.25, 0.3) is 0 Å². The maximum absolute atomic E-state index is 6.22. The van der Waals surface area contributed by atoms with Crippen molar-refractivity contribution < 1.29 is 4.42 Å². The summed E-state index contributed by atoms with van der Waals surface area (Å²) in [7, 11) is 0. The van der Waals surface area contributed by atoms with Crippen LogP contribution in [-0.4, -0.2) is 47.1 Å². The Labute approximate surface area is 121 Å². The van der Waals surface area contributed by atoms with E-state index in [0.717, 1.165) is 38.0 Å². The second kappa shape index (κ2) is 5.51. The van der Waals surface area contributed by atoms with Crippen molar-refractivity contribution in [3.05, 3.63) is 24.2 Å². The molecule has 1 saturated heterocycles. The van der Waals surface area contributed by atoms with E-state index in [1.165, 1.54) is 19.3 Å². The van der Waals surface area contributed by atoms with Gasteiger partial charge in [0.15, 0.2) is 0 Å². The molecule has 1 aliphatic heterocycles. The molecule has 3 rings (SSSR count). The van der Waals surface area contributed by atoms with Gasteiger partial charge in [-0.3, -0.25) is 9.80 Å². The summed E-state index contributed by atoms with van der Waals surface area (Å²) in [5, 5.41) is 0. The molecule has 2 unspecified atom stereocenters. The van der Waals surface area contributed by atoms with Gasteiger partial charge in [-0.25, -0.2) is 0 Å².